The molecule has 1 aliphatic rings. The molecule has 5 heteroatoms. The fourth-order valence-corrected chi connectivity index (χ4v) is 2.79. The summed E-state index contributed by atoms with van der Waals surface area (Å²) in [4.78, 5) is 15.5. The lowest BCUT2D eigenvalue weighted by Crippen LogP contribution is -2.29. The fourth-order valence-electron chi connectivity index (χ4n) is 2.79. The first-order chi connectivity index (χ1) is 9.45. The zero-order chi connectivity index (χ0) is 14.5. The van der Waals surface area contributed by atoms with Gasteiger partial charge in [0.25, 0.3) is 0 Å². The van der Waals surface area contributed by atoms with E-state index in [1.165, 1.54) is 0 Å². The van der Waals surface area contributed by atoms with Crippen LogP contribution in [0.15, 0.2) is 24.5 Å². The van der Waals surface area contributed by atoms with Crippen molar-refractivity contribution < 1.29 is 14.6 Å². The number of nitrogens with zero attached hydrogens (tertiary/aromatic N) is 2. The molecule has 0 saturated heterocycles. The molecule has 0 saturated carbocycles. The van der Waals surface area contributed by atoms with E-state index in [0.29, 0.717) is 18.0 Å². The van der Waals surface area contributed by atoms with Crippen LogP contribution >= 0.6 is 0 Å². The van der Waals surface area contributed by atoms with Crippen molar-refractivity contribution in [2.75, 3.05) is 0 Å². The normalized spacial score (nSPS) is 15.2. The summed E-state index contributed by atoms with van der Waals surface area (Å²) in [6.45, 7) is 6.41. The first-order valence-electron chi connectivity index (χ1n) is 6.56. The van der Waals surface area contributed by atoms with Crippen LogP contribution in [-0.4, -0.2) is 20.6 Å². The molecule has 0 radical (unpaired) electrons. The number of hydrogen-bond acceptors (Lipinski definition) is 3. The van der Waals surface area contributed by atoms with E-state index in [0.717, 1.165) is 16.8 Å². The van der Waals surface area contributed by atoms with Crippen LogP contribution in [0.2, 0.25) is 0 Å². The standard InChI is InChI=1S/C15H16N2O3/c1-4-17-11(14(18)19)7-10-13(17)9-5-6-16-8-12(9)20-15(10,2)3/h5-8H,4H2,1-3H3,(H,18,19). The smallest absolute Gasteiger partial charge is 0.352 e. The van der Waals surface area contributed by atoms with Gasteiger partial charge in [-0.15, -0.1) is 0 Å². The van der Waals surface area contributed by atoms with Gasteiger partial charge in [0.05, 0.1) is 11.9 Å². The van der Waals surface area contributed by atoms with Crippen molar-refractivity contribution >= 4 is 5.97 Å². The Kier molecular flexibility index (Phi) is 2.61. The molecule has 0 amide bonds. The summed E-state index contributed by atoms with van der Waals surface area (Å²) in [5, 5.41) is 9.39. The Labute approximate surface area is 116 Å². The molecule has 20 heavy (non-hydrogen) atoms. The molecule has 1 aliphatic heterocycles. The predicted octanol–water partition coefficient (Wildman–Crippen LogP) is 2.90. The van der Waals surface area contributed by atoms with E-state index in [2.05, 4.69) is 4.98 Å². The Balaban J connectivity index is 2.38. The van der Waals surface area contributed by atoms with Crippen molar-refractivity contribution in [3.63, 3.8) is 0 Å². The Morgan fingerprint density at radius 2 is 2.25 bits per heavy atom. The van der Waals surface area contributed by atoms with Crippen molar-refractivity contribution in [3.8, 4) is 17.0 Å². The van der Waals surface area contributed by atoms with Gasteiger partial charge in [0.1, 0.15) is 17.0 Å². The molecule has 0 spiro atoms. The van der Waals surface area contributed by atoms with Crippen LogP contribution in [0.1, 0.15) is 36.8 Å². The van der Waals surface area contributed by atoms with Gasteiger partial charge in [0.2, 0.25) is 0 Å². The van der Waals surface area contributed by atoms with Crippen LogP contribution in [0, 0.1) is 0 Å². The Bertz CT molecular complexity index is 701. The van der Waals surface area contributed by atoms with Gasteiger partial charge < -0.3 is 14.4 Å². The molecule has 0 bridgehead atoms. The summed E-state index contributed by atoms with van der Waals surface area (Å²) < 4.78 is 7.79. The van der Waals surface area contributed by atoms with Crippen molar-refractivity contribution in [1.29, 1.82) is 0 Å². The summed E-state index contributed by atoms with van der Waals surface area (Å²) >= 11 is 0. The number of hydrogen-bond donors (Lipinski definition) is 1. The van der Waals surface area contributed by atoms with Crippen molar-refractivity contribution in [1.82, 2.24) is 9.55 Å². The second-order valence-electron chi connectivity index (χ2n) is 5.33. The molecule has 0 unspecified atom stereocenters. The number of carbonyl (C=O) groups is 1. The maximum absolute atomic E-state index is 11.4. The van der Waals surface area contributed by atoms with Gasteiger partial charge in [-0.3, -0.25) is 4.98 Å². The van der Waals surface area contributed by atoms with Crippen LogP contribution in [0.3, 0.4) is 0 Å². The van der Waals surface area contributed by atoms with Crippen LogP contribution in [0.4, 0.5) is 0 Å². The number of fused-ring (bicyclic) bond motifs is 3. The minimum atomic E-state index is -0.923. The van der Waals surface area contributed by atoms with Crippen LogP contribution in [-0.2, 0) is 12.1 Å². The maximum atomic E-state index is 11.4. The van der Waals surface area contributed by atoms with E-state index in [1.807, 2.05) is 31.4 Å². The lowest BCUT2D eigenvalue weighted by atomic mass is 9.92. The summed E-state index contributed by atoms with van der Waals surface area (Å²) in [6, 6.07) is 3.58. The largest absolute Gasteiger partial charge is 0.481 e. The molecule has 0 aliphatic carbocycles. The Morgan fingerprint density at radius 1 is 1.50 bits per heavy atom. The molecule has 2 aromatic heterocycles. The van der Waals surface area contributed by atoms with Gasteiger partial charge in [0.15, 0.2) is 0 Å². The highest BCUT2D eigenvalue weighted by molar-refractivity contribution is 5.89. The molecule has 0 fully saturated rings. The van der Waals surface area contributed by atoms with E-state index in [9.17, 15) is 9.90 Å². The third kappa shape index (κ3) is 1.62. The van der Waals surface area contributed by atoms with Gasteiger partial charge in [-0.05, 0) is 32.9 Å². The topological polar surface area (TPSA) is 64.4 Å². The molecule has 5 nitrogen and oxygen atoms in total. The second kappa shape index (κ2) is 4.10. The molecule has 3 rings (SSSR count). The zero-order valence-electron chi connectivity index (χ0n) is 11.7. The first kappa shape index (κ1) is 12.7. The lowest BCUT2D eigenvalue weighted by Gasteiger charge is -2.33. The van der Waals surface area contributed by atoms with Crippen LogP contribution in [0.5, 0.6) is 5.75 Å². The van der Waals surface area contributed by atoms with Gasteiger partial charge in [-0.2, -0.15) is 0 Å². The monoisotopic (exact) mass is 272 g/mol. The Hall–Kier alpha value is -2.30. The van der Waals surface area contributed by atoms with Crippen LogP contribution in [0.25, 0.3) is 11.3 Å². The van der Waals surface area contributed by atoms with E-state index in [4.69, 9.17) is 4.74 Å². The van der Waals surface area contributed by atoms with Gasteiger partial charge in [-0.25, -0.2) is 4.79 Å². The zero-order valence-corrected chi connectivity index (χ0v) is 11.7. The SMILES string of the molecule is CCn1c(C(=O)O)cc2c1-c1ccncc1OC2(C)C. The third-order valence-corrected chi connectivity index (χ3v) is 3.69. The molecular weight excluding hydrogens is 256 g/mol. The number of carboxylic acids is 1. The molecule has 0 aromatic carbocycles. The molecule has 1 N–H and O–H groups in total. The van der Waals surface area contributed by atoms with E-state index >= 15 is 0 Å². The number of pyridine rings is 1. The summed E-state index contributed by atoms with van der Waals surface area (Å²) in [7, 11) is 0. The van der Waals surface area contributed by atoms with Gasteiger partial charge in [-0.1, -0.05) is 0 Å². The van der Waals surface area contributed by atoms with E-state index in [-0.39, 0.29) is 0 Å². The summed E-state index contributed by atoms with van der Waals surface area (Å²) in [5.41, 5.74) is 2.42. The minimum absolute atomic E-state index is 0.291. The molecular formula is C15H16N2O3. The van der Waals surface area contributed by atoms with Crippen LogP contribution < -0.4 is 4.74 Å². The Morgan fingerprint density at radius 3 is 2.90 bits per heavy atom. The number of ether oxygens (including phenoxy) is 1. The quantitative estimate of drug-likeness (QED) is 0.913. The van der Waals surface area contributed by atoms with Gasteiger partial charge >= 0.3 is 5.97 Å². The molecule has 0 atom stereocenters. The molecule has 3 heterocycles. The highest BCUT2D eigenvalue weighted by atomic mass is 16.5. The number of aromatic nitrogens is 2. The number of rotatable bonds is 2. The van der Waals surface area contributed by atoms with Crippen molar-refractivity contribution in [3.05, 3.63) is 35.8 Å². The lowest BCUT2D eigenvalue weighted by molar-refractivity contribution is 0.0685. The summed E-state index contributed by atoms with van der Waals surface area (Å²) in [5.74, 6) is -0.234. The minimum Gasteiger partial charge on any atom is -0.481 e. The van der Waals surface area contributed by atoms with E-state index in [1.54, 1.807) is 18.5 Å². The number of aromatic carboxylic acids is 1. The van der Waals surface area contributed by atoms with Gasteiger partial charge in [0, 0.05) is 23.9 Å². The highest BCUT2D eigenvalue weighted by Gasteiger charge is 2.37. The van der Waals surface area contributed by atoms with Crippen molar-refractivity contribution in [2.45, 2.75) is 32.9 Å². The second-order valence-corrected chi connectivity index (χ2v) is 5.33. The summed E-state index contributed by atoms with van der Waals surface area (Å²) in [6.07, 6.45) is 3.37. The third-order valence-electron chi connectivity index (χ3n) is 3.69. The van der Waals surface area contributed by atoms with Crippen molar-refractivity contribution in [2.24, 2.45) is 0 Å². The first-order valence-corrected chi connectivity index (χ1v) is 6.56. The average molecular weight is 272 g/mol. The van der Waals surface area contributed by atoms with E-state index < -0.39 is 11.6 Å². The fraction of sp³-hybridized carbons (Fsp3) is 0.333. The predicted molar refractivity (Wildman–Crippen MR) is 74.0 cm³/mol. The molecule has 2 aromatic rings. The average Bonchev–Trinajstić information content (AvgIpc) is 2.79. The maximum Gasteiger partial charge on any atom is 0.352 e. The highest BCUT2D eigenvalue weighted by Crippen LogP contribution is 2.45. The number of carboxylic acid groups (broad SMARTS) is 1. The molecule has 104 valence electrons.